The van der Waals surface area contributed by atoms with Gasteiger partial charge in [0.25, 0.3) is 0 Å². The highest BCUT2D eigenvalue weighted by Gasteiger charge is 2.32. The summed E-state index contributed by atoms with van der Waals surface area (Å²) in [6, 6.07) is 1.72. The minimum Gasteiger partial charge on any atom is -0.306 e. The minimum atomic E-state index is 0.845. The standard InChI is InChI=1S/C25H48N4/c1-21-4-14-28(15-5-21)20-23-6-13-27(3)25(19-23)18-22-7-16-29(17-8-22)24-9-11-26(2)12-10-24/h21-25H,4-20H2,1-3H3. The van der Waals surface area contributed by atoms with Crippen LogP contribution in [-0.2, 0) is 0 Å². The predicted molar refractivity (Wildman–Crippen MR) is 123 cm³/mol. The van der Waals surface area contributed by atoms with Crippen molar-refractivity contribution in [3.8, 4) is 0 Å². The monoisotopic (exact) mass is 404 g/mol. The van der Waals surface area contributed by atoms with E-state index in [1.54, 1.807) is 0 Å². The highest BCUT2D eigenvalue weighted by molar-refractivity contribution is 4.87. The highest BCUT2D eigenvalue weighted by atomic mass is 15.2. The summed E-state index contributed by atoms with van der Waals surface area (Å²) in [7, 11) is 4.68. The molecule has 0 spiro atoms. The van der Waals surface area contributed by atoms with Gasteiger partial charge in [-0.3, -0.25) is 0 Å². The maximum absolute atomic E-state index is 2.84. The molecule has 0 N–H and O–H groups in total. The van der Waals surface area contributed by atoms with Crippen molar-refractivity contribution >= 4 is 0 Å². The van der Waals surface area contributed by atoms with Crippen molar-refractivity contribution in [1.29, 1.82) is 0 Å². The summed E-state index contributed by atoms with van der Waals surface area (Å²) in [5.41, 5.74) is 0. The second-order valence-electron chi connectivity index (χ2n) is 11.3. The van der Waals surface area contributed by atoms with Crippen molar-refractivity contribution in [3.05, 3.63) is 0 Å². The van der Waals surface area contributed by atoms with Crippen molar-refractivity contribution in [2.45, 2.75) is 76.8 Å². The first-order valence-electron chi connectivity index (χ1n) is 12.9. The van der Waals surface area contributed by atoms with Crippen LogP contribution in [-0.4, -0.2) is 98.1 Å². The lowest BCUT2D eigenvalue weighted by molar-refractivity contribution is 0.0570. The van der Waals surface area contributed by atoms with Crippen molar-refractivity contribution in [3.63, 3.8) is 0 Å². The summed E-state index contributed by atoms with van der Waals surface area (Å²) in [5.74, 6) is 2.88. The highest BCUT2D eigenvalue weighted by Crippen LogP contribution is 2.32. The van der Waals surface area contributed by atoms with E-state index >= 15 is 0 Å². The predicted octanol–water partition coefficient (Wildman–Crippen LogP) is 3.63. The Morgan fingerprint density at radius 1 is 0.690 bits per heavy atom. The largest absolute Gasteiger partial charge is 0.306 e. The Balaban J connectivity index is 1.19. The van der Waals surface area contributed by atoms with Gasteiger partial charge in [-0.1, -0.05) is 6.92 Å². The molecule has 2 unspecified atom stereocenters. The van der Waals surface area contributed by atoms with E-state index in [4.69, 9.17) is 0 Å². The number of piperidine rings is 4. The average Bonchev–Trinajstić information content (AvgIpc) is 2.73. The summed E-state index contributed by atoms with van der Waals surface area (Å²) in [6.45, 7) is 13.2. The fourth-order valence-corrected chi connectivity index (χ4v) is 6.60. The normalized spacial score (nSPS) is 34.0. The maximum Gasteiger partial charge on any atom is 0.0120 e. The van der Waals surface area contributed by atoms with Crippen molar-refractivity contribution in [1.82, 2.24) is 19.6 Å². The Hall–Kier alpha value is -0.160. The van der Waals surface area contributed by atoms with Crippen molar-refractivity contribution in [2.24, 2.45) is 17.8 Å². The molecule has 4 fully saturated rings. The zero-order chi connectivity index (χ0) is 20.2. The van der Waals surface area contributed by atoms with Gasteiger partial charge < -0.3 is 19.6 Å². The lowest BCUT2D eigenvalue weighted by Crippen LogP contribution is -2.48. The molecule has 168 valence electrons. The molecule has 2 atom stereocenters. The fraction of sp³-hybridized carbons (Fsp3) is 1.00. The Bertz CT molecular complexity index is 473. The van der Waals surface area contributed by atoms with Crippen LogP contribution in [0.1, 0.15) is 64.7 Å². The van der Waals surface area contributed by atoms with E-state index in [0.717, 1.165) is 29.8 Å². The van der Waals surface area contributed by atoms with Crippen LogP contribution in [0.2, 0.25) is 0 Å². The molecule has 0 aliphatic carbocycles. The van der Waals surface area contributed by atoms with Crippen LogP contribution >= 0.6 is 0 Å². The molecule has 4 aliphatic heterocycles. The number of nitrogens with zero attached hydrogens (tertiary/aromatic N) is 4. The SMILES string of the molecule is CC1CCN(CC2CCN(C)C(CC3CCN(C4CCN(C)CC4)CC3)C2)CC1. The van der Waals surface area contributed by atoms with Gasteiger partial charge in [-0.2, -0.15) is 0 Å². The second-order valence-corrected chi connectivity index (χ2v) is 11.3. The van der Waals surface area contributed by atoms with Gasteiger partial charge in [0.2, 0.25) is 0 Å². The first kappa shape index (κ1) is 22.0. The van der Waals surface area contributed by atoms with E-state index in [1.807, 2.05) is 0 Å². The summed E-state index contributed by atoms with van der Waals surface area (Å²) >= 11 is 0. The molecule has 0 aromatic carbocycles. The molecule has 4 aliphatic rings. The van der Waals surface area contributed by atoms with Crippen LogP contribution < -0.4 is 0 Å². The van der Waals surface area contributed by atoms with E-state index in [0.29, 0.717) is 0 Å². The summed E-state index contributed by atoms with van der Waals surface area (Å²) in [5, 5.41) is 0. The van der Waals surface area contributed by atoms with Crippen LogP contribution in [0, 0.1) is 17.8 Å². The molecule has 0 aromatic rings. The third-order valence-corrected chi connectivity index (χ3v) is 8.97. The Labute approximate surface area is 181 Å². The molecule has 4 heterocycles. The molecule has 0 amide bonds. The summed E-state index contributed by atoms with van der Waals surface area (Å²) < 4.78 is 0. The molecule has 4 nitrogen and oxygen atoms in total. The maximum atomic E-state index is 2.84. The lowest BCUT2D eigenvalue weighted by atomic mass is 9.82. The molecule has 0 radical (unpaired) electrons. The first-order chi connectivity index (χ1) is 14.1. The molecule has 0 bridgehead atoms. The zero-order valence-electron chi connectivity index (χ0n) is 19.7. The van der Waals surface area contributed by atoms with Gasteiger partial charge in [-0.05, 0) is 135 Å². The molecule has 29 heavy (non-hydrogen) atoms. The minimum absolute atomic E-state index is 0.845. The third-order valence-electron chi connectivity index (χ3n) is 8.97. The van der Waals surface area contributed by atoms with Gasteiger partial charge in [-0.25, -0.2) is 0 Å². The number of rotatable bonds is 5. The van der Waals surface area contributed by atoms with Gasteiger partial charge >= 0.3 is 0 Å². The Kier molecular flexibility index (Phi) is 7.93. The lowest BCUT2D eigenvalue weighted by Gasteiger charge is -2.44. The Morgan fingerprint density at radius 2 is 1.34 bits per heavy atom. The van der Waals surface area contributed by atoms with E-state index in [1.165, 1.54) is 110 Å². The van der Waals surface area contributed by atoms with Gasteiger partial charge in [0, 0.05) is 18.6 Å². The fourth-order valence-electron chi connectivity index (χ4n) is 6.60. The summed E-state index contributed by atoms with van der Waals surface area (Å²) in [4.78, 5) is 10.8. The number of hydrogen-bond donors (Lipinski definition) is 0. The van der Waals surface area contributed by atoms with Crippen LogP contribution in [0.3, 0.4) is 0 Å². The molecular weight excluding hydrogens is 356 g/mol. The zero-order valence-corrected chi connectivity index (χ0v) is 19.7. The number of hydrogen-bond acceptors (Lipinski definition) is 4. The van der Waals surface area contributed by atoms with Crippen LogP contribution in [0.5, 0.6) is 0 Å². The van der Waals surface area contributed by atoms with E-state index in [9.17, 15) is 0 Å². The molecule has 0 saturated carbocycles. The van der Waals surface area contributed by atoms with Gasteiger partial charge in [0.1, 0.15) is 0 Å². The van der Waals surface area contributed by atoms with Gasteiger partial charge in [0.05, 0.1) is 0 Å². The molecule has 4 saturated heterocycles. The van der Waals surface area contributed by atoms with Crippen molar-refractivity contribution < 1.29 is 0 Å². The van der Waals surface area contributed by atoms with Crippen LogP contribution in [0.4, 0.5) is 0 Å². The van der Waals surface area contributed by atoms with E-state index < -0.39 is 0 Å². The summed E-state index contributed by atoms with van der Waals surface area (Å²) in [6.07, 6.45) is 12.9. The average molecular weight is 405 g/mol. The van der Waals surface area contributed by atoms with E-state index in [2.05, 4.69) is 40.6 Å². The molecule has 0 aromatic heterocycles. The second kappa shape index (κ2) is 10.4. The third kappa shape index (κ3) is 6.18. The Morgan fingerprint density at radius 3 is 2.03 bits per heavy atom. The van der Waals surface area contributed by atoms with Gasteiger partial charge in [-0.15, -0.1) is 0 Å². The number of likely N-dealkylation sites (tertiary alicyclic amines) is 4. The van der Waals surface area contributed by atoms with E-state index in [-0.39, 0.29) is 0 Å². The molecular formula is C25H48N4. The topological polar surface area (TPSA) is 13.0 Å². The van der Waals surface area contributed by atoms with Gasteiger partial charge in [0.15, 0.2) is 0 Å². The van der Waals surface area contributed by atoms with Crippen LogP contribution in [0.25, 0.3) is 0 Å². The van der Waals surface area contributed by atoms with Crippen LogP contribution in [0.15, 0.2) is 0 Å². The quantitative estimate of drug-likeness (QED) is 0.694. The molecule has 4 rings (SSSR count). The molecule has 4 heteroatoms. The first-order valence-corrected chi connectivity index (χ1v) is 12.9. The smallest absolute Gasteiger partial charge is 0.0120 e. The van der Waals surface area contributed by atoms with Crippen molar-refractivity contribution in [2.75, 3.05) is 66.5 Å².